The number of pyridine rings is 1. The van der Waals surface area contributed by atoms with Gasteiger partial charge in [0.2, 0.25) is 0 Å². The van der Waals surface area contributed by atoms with Crippen LogP contribution in [0.5, 0.6) is 5.75 Å². The quantitative estimate of drug-likeness (QED) is 0.709. The average Bonchev–Trinajstić information content (AvgIpc) is 3.02. The number of nitrogens with zero attached hydrogens (tertiary/aromatic N) is 2. The second kappa shape index (κ2) is 7.97. The second-order valence-electron chi connectivity index (χ2n) is 5.78. The highest BCUT2D eigenvalue weighted by molar-refractivity contribution is 7.15. The van der Waals surface area contributed by atoms with Gasteiger partial charge in [-0.3, -0.25) is 4.98 Å². The number of benzene rings is 1. The van der Waals surface area contributed by atoms with Gasteiger partial charge in [-0.05, 0) is 43.7 Å². The van der Waals surface area contributed by atoms with Gasteiger partial charge in [0, 0.05) is 22.8 Å². The highest BCUT2D eigenvalue weighted by Gasteiger charge is 2.12. The number of rotatable bonds is 5. The number of thiazole rings is 1. The van der Waals surface area contributed by atoms with Crippen LogP contribution in [0.2, 0.25) is 0 Å². The van der Waals surface area contributed by atoms with E-state index < -0.39 is 0 Å². The van der Waals surface area contributed by atoms with Crippen molar-refractivity contribution in [2.45, 2.75) is 20.4 Å². The molecule has 6 nitrogen and oxygen atoms in total. The summed E-state index contributed by atoms with van der Waals surface area (Å²) in [5, 5.41) is 6.60. The Bertz CT molecular complexity index is 909. The molecule has 2 amide bonds. The van der Waals surface area contributed by atoms with Gasteiger partial charge in [0.15, 0.2) is 0 Å². The number of methoxy groups -OCH3 is 1. The van der Waals surface area contributed by atoms with Gasteiger partial charge in [-0.2, -0.15) is 0 Å². The van der Waals surface area contributed by atoms with Crippen LogP contribution in [-0.4, -0.2) is 23.1 Å². The van der Waals surface area contributed by atoms with E-state index >= 15 is 0 Å². The molecule has 7 heteroatoms. The van der Waals surface area contributed by atoms with Crippen molar-refractivity contribution in [3.8, 4) is 16.3 Å². The lowest BCUT2D eigenvalue weighted by molar-refractivity contribution is 0.251. The molecule has 0 aliphatic carbocycles. The number of aryl methyl sites for hydroxylation is 2. The highest BCUT2D eigenvalue weighted by Crippen LogP contribution is 2.27. The molecule has 0 radical (unpaired) electrons. The first kappa shape index (κ1) is 17.9. The number of anilines is 1. The largest absolute Gasteiger partial charge is 0.495 e. The molecule has 0 aliphatic heterocycles. The number of hydrogen-bond donors (Lipinski definition) is 2. The third kappa shape index (κ3) is 4.18. The van der Waals surface area contributed by atoms with E-state index in [1.165, 1.54) is 0 Å². The van der Waals surface area contributed by atoms with Crippen molar-refractivity contribution < 1.29 is 9.53 Å². The summed E-state index contributed by atoms with van der Waals surface area (Å²) in [6, 6.07) is 9.20. The first-order valence-corrected chi connectivity index (χ1v) is 8.94. The number of hydrogen-bond acceptors (Lipinski definition) is 5. The maximum atomic E-state index is 12.2. The van der Waals surface area contributed by atoms with Crippen molar-refractivity contribution in [1.82, 2.24) is 15.3 Å². The smallest absolute Gasteiger partial charge is 0.319 e. The van der Waals surface area contributed by atoms with E-state index in [2.05, 4.69) is 20.6 Å². The van der Waals surface area contributed by atoms with E-state index in [9.17, 15) is 4.79 Å². The molecule has 0 bridgehead atoms. The Morgan fingerprint density at radius 1 is 1.27 bits per heavy atom. The minimum atomic E-state index is -0.287. The molecule has 134 valence electrons. The van der Waals surface area contributed by atoms with Crippen LogP contribution in [0.1, 0.15) is 16.1 Å². The number of carbonyl (C=O) groups excluding carboxylic acids is 1. The predicted octanol–water partition coefficient (Wildman–Crippen LogP) is 4.15. The van der Waals surface area contributed by atoms with Crippen LogP contribution in [0, 0.1) is 13.8 Å². The summed E-state index contributed by atoms with van der Waals surface area (Å²) in [5.74, 6) is 0.624. The number of nitrogens with one attached hydrogen (secondary N) is 2. The van der Waals surface area contributed by atoms with E-state index in [1.807, 2.05) is 44.2 Å². The number of ether oxygens (including phenoxy) is 1. The Balaban J connectivity index is 1.65. The molecule has 0 fully saturated rings. The fourth-order valence-corrected chi connectivity index (χ4v) is 3.44. The summed E-state index contributed by atoms with van der Waals surface area (Å²) in [6.45, 7) is 4.31. The van der Waals surface area contributed by atoms with Gasteiger partial charge < -0.3 is 15.4 Å². The number of carbonyl (C=O) groups is 1. The summed E-state index contributed by atoms with van der Waals surface area (Å²) in [7, 11) is 1.58. The average molecular weight is 368 g/mol. The summed E-state index contributed by atoms with van der Waals surface area (Å²) in [4.78, 5) is 21.9. The van der Waals surface area contributed by atoms with Crippen molar-refractivity contribution in [3.05, 3.63) is 58.9 Å². The highest BCUT2D eigenvalue weighted by atomic mass is 32.1. The molecule has 2 heterocycles. The lowest BCUT2D eigenvalue weighted by Crippen LogP contribution is -2.28. The lowest BCUT2D eigenvalue weighted by Gasteiger charge is -2.11. The third-order valence-electron chi connectivity index (χ3n) is 3.81. The number of aromatic nitrogens is 2. The van der Waals surface area contributed by atoms with Crippen LogP contribution in [0.3, 0.4) is 0 Å². The Kier molecular flexibility index (Phi) is 5.48. The summed E-state index contributed by atoms with van der Waals surface area (Å²) < 4.78 is 5.28. The van der Waals surface area contributed by atoms with Crippen LogP contribution < -0.4 is 15.4 Å². The van der Waals surface area contributed by atoms with E-state index in [0.717, 1.165) is 26.7 Å². The van der Waals surface area contributed by atoms with E-state index in [0.29, 0.717) is 18.0 Å². The zero-order chi connectivity index (χ0) is 18.5. The molecule has 0 aliphatic rings. The SMILES string of the molecule is COc1ccc(C)cc1NC(=O)NCc1sc(-c2cccnc2)nc1C. The normalized spacial score (nSPS) is 10.4. The van der Waals surface area contributed by atoms with Gasteiger partial charge in [-0.1, -0.05) is 6.07 Å². The topological polar surface area (TPSA) is 76.1 Å². The monoisotopic (exact) mass is 368 g/mol. The molecule has 0 saturated heterocycles. The van der Waals surface area contributed by atoms with Crippen molar-refractivity contribution in [1.29, 1.82) is 0 Å². The Morgan fingerprint density at radius 2 is 2.12 bits per heavy atom. The van der Waals surface area contributed by atoms with Gasteiger partial charge in [0.05, 0.1) is 25.0 Å². The van der Waals surface area contributed by atoms with E-state index in [1.54, 1.807) is 30.8 Å². The standard InChI is InChI=1S/C19H20N4O2S/c1-12-6-7-16(25-3)15(9-12)23-19(24)21-11-17-13(2)22-18(26-17)14-5-4-8-20-10-14/h4-10H,11H2,1-3H3,(H2,21,23,24). The minimum absolute atomic E-state index is 0.287. The molecule has 3 aromatic rings. The number of amides is 2. The van der Waals surface area contributed by atoms with Gasteiger partial charge in [0.1, 0.15) is 10.8 Å². The molecule has 0 unspecified atom stereocenters. The van der Waals surface area contributed by atoms with E-state index in [-0.39, 0.29) is 6.03 Å². The van der Waals surface area contributed by atoms with Crippen LogP contribution in [0.25, 0.3) is 10.6 Å². The molecule has 2 aromatic heterocycles. The van der Waals surface area contributed by atoms with Gasteiger partial charge in [-0.25, -0.2) is 9.78 Å². The minimum Gasteiger partial charge on any atom is -0.495 e. The maximum absolute atomic E-state index is 12.2. The lowest BCUT2D eigenvalue weighted by atomic mass is 10.2. The fourth-order valence-electron chi connectivity index (χ4n) is 2.45. The summed E-state index contributed by atoms with van der Waals surface area (Å²) in [6.07, 6.45) is 3.52. The van der Waals surface area contributed by atoms with Gasteiger partial charge in [-0.15, -0.1) is 11.3 Å². The number of urea groups is 1. The molecule has 26 heavy (non-hydrogen) atoms. The summed E-state index contributed by atoms with van der Waals surface area (Å²) in [5.41, 5.74) is 3.56. The van der Waals surface area contributed by atoms with Crippen molar-refractivity contribution in [2.75, 3.05) is 12.4 Å². The van der Waals surface area contributed by atoms with Crippen molar-refractivity contribution >= 4 is 23.1 Å². The molecule has 0 atom stereocenters. The zero-order valence-electron chi connectivity index (χ0n) is 14.9. The van der Waals surface area contributed by atoms with Gasteiger partial charge in [0.25, 0.3) is 0 Å². The molecular formula is C19H20N4O2S. The van der Waals surface area contributed by atoms with Crippen LogP contribution in [0.15, 0.2) is 42.7 Å². The van der Waals surface area contributed by atoms with E-state index in [4.69, 9.17) is 4.74 Å². The van der Waals surface area contributed by atoms with Crippen LogP contribution in [0.4, 0.5) is 10.5 Å². The van der Waals surface area contributed by atoms with Crippen LogP contribution >= 0.6 is 11.3 Å². The van der Waals surface area contributed by atoms with Crippen molar-refractivity contribution in [3.63, 3.8) is 0 Å². The molecule has 1 aromatic carbocycles. The fraction of sp³-hybridized carbons (Fsp3) is 0.211. The third-order valence-corrected chi connectivity index (χ3v) is 5.02. The summed E-state index contributed by atoms with van der Waals surface area (Å²) >= 11 is 1.55. The Morgan fingerprint density at radius 3 is 2.85 bits per heavy atom. The molecule has 3 rings (SSSR count). The van der Waals surface area contributed by atoms with Crippen LogP contribution in [-0.2, 0) is 6.54 Å². The predicted molar refractivity (Wildman–Crippen MR) is 104 cm³/mol. The first-order valence-electron chi connectivity index (χ1n) is 8.13. The molecule has 0 spiro atoms. The maximum Gasteiger partial charge on any atom is 0.319 e. The molecule has 0 saturated carbocycles. The first-order chi connectivity index (χ1) is 12.6. The zero-order valence-corrected chi connectivity index (χ0v) is 15.7. The van der Waals surface area contributed by atoms with Gasteiger partial charge >= 0.3 is 6.03 Å². The molecule has 2 N–H and O–H groups in total. The second-order valence-corrected chi connectivity index (χ2v) is 6.86. The van der Waals surface area contributed by atoms with Crippen molar-refractivity contribution in [2.24, 2.45) is 0 Å². The Hall–Kier alpha value is -2.93. The Labute approximate surface area is 156 Å². The molecular weight excluding hydrogens is 348 g/mol.